The van der Waals surface area contributed by atoms with Gasteiger partial charge >= 0.3 is 0 Å². The van der Waals surface area contributed by atoms with Crippen LogP contribution < -0.4 is 4.72 Å². The minimum Gasteiger partial charge on any atom is -0.363 e. The van der Waals surface area contributed by atoms with E-state index in [1.165, 1.54) is 40.9 Å². The van der Waals surface area contributed by atoms with Crippen LogP contribution in [0.5, 0.6) is 0 Å². The number of piperidine rings is 1. The summed E-state index contributed by atoms with van der Waals surface area (Å²) in [6, 6.07) is 6.54. The standard InChI is InChI=1S/C16H21N3O5S2/c1-12-9-13(2)11-19(10-12)26(22,23)15-5-3-14(4-6-15)25(20,21)18-16-7-8-24-17-16/h3-8,12-13H,9-11H2,1-2H3,(H,17,18)/t12-,13-/m1/s1. The highest BCUT2D eigenvalue weighted by Gasteiger charge is 2.31. The second-order valence-electron chi connectivity index (χ2n) is 6.73. The van der Waals surface area contributed by atoms with Gasteiger partial charge in [-0.15, -0.1) is 0 Å². The highest BCUT2D eigenvalue weighted by atomic mass is 32.2. The van der Waals surface area contributed by atoms with E-state index in [0.717, 1.165) is 6.42 Å². The lowest BCUT2D eigenvalue weighted by Gasteiger charge is -2.34. The van der Waals surface area contributed by atoms with Crippen LogP contribution in [0.1, 0.15) is 20.3 Å². The lowest BCUT2D eigenvalue weighted by molar-refractivity contribution is 0.222. The summed E-state index contributed by atoms with van der Waals surface area (Å²) >= 11 is 0. The number of anilines is 1. The molecule has 1 aliphatic heterocycles. The van der Waals surface area contributed by atoms with E-state index < -0.39 is 20.0 Å². The van der Waals surface area contributed by atoms with Gasteiger partial charge in [-0.2, -0.15) is 4.31 Å². The maximum atomic E-state index is 12.8. The molecule has 10 heteroatoms. The van der Waals surface area contributed by atoms with Crippen molar-refractivity contribution in [1.82, 2.24) is 9.46 Å². The summed E-state index contributed by atoms with van der Waals surface area (Å²) in [4.78, 5) is 0.0269. The smallest absolute Gasteiger partial charge is 0.263 e. The SMILES string of the molecule is C[C@@H]1C[C@@H](C)CN(S(=O)(=O)c2ccc(S(=O)(=O)Nc3ccon3)cc2)C1. The number of aromatic nitrogens is 1. The van der Waals surface area contributed by atoms with Crippen molar-refractivity contribution in [2.45, 2.75) is 30.1 Å². The largest absolute Gasteiger partial charge is 0.363 e. The van der Waals surface area contributed by atoms with Crippen LogP contribution in [-0.4, -0.2) is 39.4 Å². The van der Waals surface area contributed by atoms with E-state index in [2.05, 4.69) is 14.4 Å². The minimum atomic E-state index is -3.87. The van der Waals surface area contributed by atoms with Crippen LogP contribution in [-0.2, 0) is 20.0 Å². The molecular formula is C16H21N3O5S2. The Bertz CT molecular complexity index is 944. The summed E-state index contributed by atoms with van der Waals surface area (Å²) < 4.78 is 58.6. The Morgan fingerprint density at radius 3 is 2.12 bits per heavy atom. The summed E-state index contributed by atoms with van der Waals surface area (Å²) in [6.45, 7) is 5.01. The molecule has 2 aromatic rings. The second kappa shape index (κ2) is 7.01. The van der Waals surface area contributed by atoms with Crippen molar-refractivity contribution in [2.24, 2.45) is 11.8 Å². The number of rotatable bonds is 5. The molecule has 1 aromatic carbocycles. The molecule has 1 N–H and O–H groups in total. The average Bonchev–Trinajstić information content (AvgIpc) is 3.06. The van der Waals surface area contributed by atoms with E-state index in [9.17, 15) is 16.8 Å². The maximum Gasteiger partial charge on any atom is 0.263 e. The minimum absolute atomic E-state index is 0.0537. The molecule has 0 amide bonds. The van der Waals surface area contributed by atoms with Crippen molar-refractivity contribution in [3.05, 3.63) is 36.6 Å². The van der Waals surface area contributed by atoms with Gasteiger partial charge in [0.2, 0.25) is 10.0 Å². The Balaban J connectivity index is 1.82. The van der Waals surface area contributed by atoms with Gasteiger partial charge in [0.25, 0.3) is 10.0 Å². The number of nitrogens with zero attached hydrogens (tertiary/aromatic N) is 2. The van der Waals surface area contributed by atoms with Crippen molar-refractivity contribution in [2.75, 3.05) is 17.8 Å². The predicted molar refractivity (Wildman–Crippen MR) is 95.5 cm³/mol. The summed E-state index contributed by atoms with van der Waals surface area (Å²) in [7, 11) is -7.52. The van der Waals surface area contributed by atoms with Crippen LogP contribution in [0.2, 0.25) is 0 Å². The first-order valence-corrected chi connectivity index (χ1v) is 11.1. The zero-order valence-electron chi connectivity index (χ0n) is 14.5. The molecule has 0 radical (unpaired) electrons. The van der Waals surface area contributed by atoms with Crippen LogP contribution >= 0.6 is 0 Å². The van der Waals surface area contributed by atoms with Crippen LogP contribution in [0.3, 0.4) is 0 Å². The lowest BCUT2D eigenvalue weighted by Crippen LogP contribution is -2.42. The van der Waals surface area contributed by atoms with Crippen LogP contribution in [0.15, 0.2) is 50.9 Å². The number of benzene rings is 1. The molecule has 0 saturated carbocycles. The van der Waals surface area contributed by atoms with Crippen molar-refractivity contribution in [3.8, 4) is 0 Å². The summed E-state index contributed by atoms with van der Waals surface area (Å²) in [5.74, 6) is 0.637. The highest BCUT2D eigenvalue weighted by Crippen LogP contribution is 2.27. The highest BCUT2D eigenvalue weighted by molar-refractivity contribution is 7.92. The number of hydrogen-bond donors (Lipinski definition) is 1. The lowest BCUT2D eigenvalue weighted by atomic mass is 9.94. The average molecular weight is 399 g/mol. The molecule has 142 valence electrons. The topological polar surface area (TPSA) is 110 Å². The van der Waals surface area contributed by atoms with Crippen molar-refractivity contribution in [1.29, 1.82) is 0 Å². The van der Waals surface area contributed by atoms with Gasteiger partial charge in [0.05, 0.1) is 9.79 Å². The van der Waals surface area contributed by atoms with Gasteiger partial charge < -0.3 is 4.52 Å². The third-order valence-electron chi connectivity index (χ3n) is 4.28. The van der Waals surface area contributed by atoms with Crippen LogP contribution in [0.4, 0.5) is 5.82 Å². The molecule has 26 heavy (non-hydrogen) atoms. The van der Waals surface area contributed by atoms with Gasteiger partial charge in [0.15, 0.2) is 5.82 Å². The Kier molecular flexibility index (Phi) is 5.09. The quantitative estimate of drug-likeness (QED) is 0.825. The molecule has 1 saturated heterocycles. The Labute approximate surface area is 153 Å². The third-order valence-corrected chi connectivity index (χ3v) is 7.50. The van der Waals surface area contributed by atoms with Gasteiger partial charge in [-0.1, -0.05) is 19.0 Å². The van der Waals surface area contributed by atoms with Crippen molar-refractivity contribution in [3.63, 3.8) is 0 Å². The molecule has 0 unspecified atom stereocenters. The fraction of sp³-hybridized carbons (Fsp3) is 0.438. The molecule has 2 atom stereocenters. The Hall–Kier alpha value is -1.91. The predicted octanol–water partition coefficient (Wildman–Crippen LogP) is 2.14. The van der Waals surface area contributed by atoms with Crippen LogP contribution in [0, 0.1) is 11.8 Å². The molecule has 0 bridgehead atoms. The molecule has 1 aliphatic rings. The van der Waals surface area contributed by atoms with Gasteiger partial charge in [0, 0.05) is 19.2 Å². The first kappa shape index (κ1) is 18.9. The number of sulfonamides is 2. The molecular weight excluding hydrogens is 378 g/mol. The second-order valence-corrected chi connectivity index (χ2v) is 10.3. The fourth-order valence-electron chi connectivity index (χ4n) is 3.20. The van der Waals surface area contributed by atoms with E-state index in [4.69, 9.17) is 0 Å². The third kappa shape index (κ3) is 3.92. The summed E-state index contributed by atoms with van der Waals surface area (Å²) in [6.07, 6.45) is 2.24. The van der Waals surface area contributed by atoms with Gasteiger partial charge in [-0.25, -0.2) is 16.8 Å². The van der Waals surface area contributed by atoms with E-state index >= 15 is 0 Å². The van der Waals surface area contributed by atoms with Gasteiger partial charge in [-0.05, 0) is 42.5 Å². The van der Waals surface area contributed by atoms with Crippen molar-refractivity contribution < 1.29 is 21.4 Å². The van der Waals surface area contributed by atoms with E-state index in [0.29, 0.717) is 24.9 Å². The van der Waals surface area contributed by atoms with Gasteiger partial charge in [-0.3, -0.25) is 4.72 Å². The normalized spacial score (nSPS) is 22.2. The first-order valence-electron chi connectivity index (χ1n) is 8.22. The molecule has 0 aliphatic carbocycles. The summed E-state index contributed by atoms with van der Waals surface area (Å²) in [5.41, 5.74) is 0. The van der Waals surface area contributed by atoms with E-state index in [1.807, 2.05) is 13.8 Å². The summed E-state index contributed by atoms with van der Waals surface area (Å²) in [5, 5.41) is 3.49. The Morgan fingerprint density at radius 1 is 1.00 bits per heavy atom. The fourth-order valence-corrected chi connectivity index (χ4v) is 5.88. The van der Waals surface area contributed by atoms with Crippen molar-refractivity contribution >= 4 is 25.9 Å². The molecule has 3 rings (SSSR count). The monoisotopic (exact) mass is 399 g/mol. The van der Waals surface area contributed by atoms with Crippen LogP contribution in [0.25, 0.3) is 0 Å². The van der Waals surface area contributed by atoms with E-state index in [1.54, 1.807) is 0 Å². The molecule has 0 spiro atoms. The number of nitrogens with one attached hydrogen (secondary N) is 1. The zero-order chi connectivity index (χ0) is 18.9. The molecule has 8 nitrogen and oxygen atoms in total. The first-order chi connectivity index (χ1) is 12.2. The number of hydrogen-bond acceptors (Lipinski definition) is 6. The molecule has 1 aromatic heterocycles. The van der Waals surface area contributed by atoms with Gasteiger partial charge in [0.1, 0.15) is 6.26 Å². The maximum absolute atomic E-state index is 12.8. The van der Waals surface area contributed by atoms with E-state index in [-0.39, 0.29) is 15.6 Å². The Morgan fingerprint density at radius 2 is 1.58 bits per heavy atom. The molecule has 2 heterocycles. The molecule has 1 fully saturated rings. The zero-order valence-corrected chi connectivity index (χ0v) is 16.1.